The number of amides is 1. The fourth-order valence-corrected chi connectivity index (χ4v) is 4.20. The Morgan fingerprint density at radius 2 is 1.69 bits per heavy atom. The lowest BCUT2D eigenvalue weighted by Gasteiger charge is -2.24. The molecule has 0 unspecified atom stereocenters. The van der Waals surface area contributed by atoms with Crippen LogP contribution < -0.4 is 9.62 Å². The van der Waals surface area contributed by atoms with Crippen molar-refractivity contribution in [1.82, 2.24) is 0 Å². The second kappa shape index (κ2) is 8.63. The highest BCUT2D eigenvalue weighted by Gasteiger charge is 2.27. The van der Waals surface area contributed by atoms with Crippen molar-refractivity contribution in [2.24, 2.45) is 0 Å². The molecule has 3 aromatic carbocycles. The van der Waals surface area contributed by atoms with Gasteiger partial charge in [0.1, 0.15) is 12.4 Å². The first-order chi connectivity index (χ1) is 13.8. The Balaban J connectivity index is 1.93. The topological polar surface area (TPSA) is 66.5 Å². The van der Waals surface area contributed by atoms with Crippen LogP contribution in [0.1, 0.15) is 5.56 Å². The third-order valence-electron chi connectivity index (χ3n) is 4.12. The number of halogens is 2. The van der Waals surface area contributed by atoms with Crippen LogP contribution in [0.5, 0.6) is 0 Å². The van der Waals surface area contributed by atoms with Crippen molar-refractivity contribution in [3.8, 4) is 0 Å². The summed E-state index contributed by atoms with van der Waals surface area (Å²) in [4.78, 5) is 12.6. The molecule has 0 saturated carbocycles. The van der Waals surface area contributed by atoms with E-state index in [9.17, 15) is 17.6 Å². The smallest absolute Gasteiger partial charge is 0.264 e. The number of sulfonamides is 1. The average molecular weight is 433 g/mol. The van der Waals surface area contributed by atoms with Gasteiger partial charge in [0.15, 0.2) is 0 Å². The molecule has 0 aliphatic rings. The van der Waals surface area contributed by atoms with E-state index in [-0.39, 0.29) is 16.3 Å². The van der Waals surface area contributed by atoms with Crippen LogP contribution in [0.15, 0.2) is 77.7 Å². The van der Waals surface area contributed by atoms with Crippen LogP contribution in [-0.4, -0.2) is 20.9 Å². The second-order valence-corrected chi connectivity index (χ2v) is 8.66. The number of benzene rings is 3. The summed E-state index contributed by atoms with van der Waals surface area (Å²) in [6, 6.07) is 17.8. The molecule has 3 aromatic rings. The molecule has 0 atom stereocenters. The second-order valence-electron chi connectivity index (χ2n) is 6.36. The summed E-state index contributed by atoms with van der Waals surface area (Å²) in [5.41, 5.74) is 1.42. The standard InChI is InChI=1S/C21H18ClFN2O3S/c1-15-5-11-20(12-6-15)29(27,28)25(19-9-7-16(22)8-10-19)14-21(26)24-18-4-2-3-17(23)13-18/h2-13H,14H2,1H3,(H,24,26). The maximum Gasteiger partial charge on any atom is 0.264 e. The van der Waals surface area contributed by atoms with Gasteiger partial charge in [-0.3, -0.25) is 9.10 Å². The summed E-state index contributed by atoms with van der Waals surface area (Å²) >= 11 is 5.91. The summed E-state index contributed by atoms with van der Waals surface area (Å²) in [6.45, 7) is 1.36. The van der Waals surface area contributed by atoms with E-state index in [0.29, 0.717) is 5.02 Å². The van der Waals surface area contributed by atoms with Crippen molar-refractivity contribution in [3.05, 3.63) is 89.2 Å². The number of nitrogens with zero attached hydrogens (tertiary/aromatic N) is 1. The van der Waals surface area contributed by atoms with Gasteiger partial charge in [-0.25, -0.2) is 12.8 Å². The van der Waals surface area contributed by atoms with E-state index >= 15 is 0 Å². The zero-order valence-corrected chi connectivity index (χ0v) is 17.0. The molecule has 0 aliphatic heterocycles. The first-order valence-electron chi connectivity index (χ1n) is 8.66. The Kier molecular flexibility index (Phi) is 6.20. The normalized spacial score (nSPS) is 11.1. The van der Waals surface area contributed by atoms with Gasteiger partial charge in [0.2, 0.25) is 5.91 Å². The van der Waals surface area contributed by atoms with Gasteiger partial charge in [-0.1, -0.05) is 35.4 Å². The lowest BCUT2D eigenvalue weighted by atomic mass is 10.2. The molecule has 0 spiro atoms. The van der Waals surface area contributed by atoms with Crippen molar-refractivity contribution < 1.29 is 17.6 Å². The summed E-state index contributed by atoms with van der Waals surface area (Å²) < 4.78 is 40.8. The van der Waals surface area contributed by atoms with Gasteiger partial charge in [0.05, 0.1) is 10.6 Å². The van der Waals surface area contributed by atoms with Crippen molar-refractivity contribution in [3.63, 3.8) is 0 Å². The molecule has 0 bridgehead atoms. The highest BCUT2D eigenvalue weighted by atomic mass is 35.5. The number of hydrogen-bond donors (Lipinski definition) is 1. The molecule has 0 heterocycles. The van der Waals surface area contributed by atoms with Gasteiger partial charge in [0.25, 0.3) is 10.0 Å². The maximum atomic E-state index is 13.4. The first kappa shape index (κ1) is 20.8. The third kappa shape index (κ3) is 5.13. The number of carbonyl (C=O) groups excluding carboxylic acids is 1. The van der Waals surface area contributed by atoms with Gasteiger partial charge in [-0.15, -0.1) is 0 Å². The predicted molar refractivity (Wildman–Crippen MR) is 112 cm³/mol. The van der Waals surface area contributed by atoms with Crippen molar-refractivity contribution in [2.45, 2.75) is 11.8 Å². The zero-order valence-electron chi connectivity index (χ0n) is 15.5. The highest BCUT2D eigenvalue weighted by Crippen LogP contribution is 2.25. The Bertz CT molecular complexity index is 1120. The Morgan fingerprint density at radius 1 is 1.03 bits per heavy atom. The van der Waals surface area contributed by atoms with Crippen LogP contribution in [0.3, 0.4) is 0 Å². The van der Waals surface area contributed by atoms with Crippen molar-refractivity contribution in [1.29, 1.82) is 0 Å². The van der Waals surface area contributed by atoms with E-state index in [1.54, 1.807) is 24.3 Å². The van der Waals surface area contributed by atoms with E-state index in [0.717, 1.165) is 15.9 Å². The van der Waals surface area contributed by atoms with E-state index in [1.165, 1.54) is 42.5 Å². The number of aryl methyl sites for hydroxylation is 1. The molecule has 0 radical (unpaired) electrons. The summed E-state index contributed by atoms with van der Waals surface area (Å²) in [5, 5.41) is 2.95. The van der Waals surface area contributed by atoms with Crippen LogP contribution in [0.4, 0.5) is 15.8 Å². The number of nitrogens with one attached hydrogen (secondary N) is 1. The summed E-state index contributed by atoms with van der Waals surface area (Å²) in [7, 11) is -4.02. The molecule has 0 fully saturated rings. The molecule has 29 heavy (non-hydrogen) atoms. The zero-order chi connectivity index (χ0) is 21.0. The Hall–Kier alpha value is -2.90. The lowest BCUT2D eigenvalue weighted by Crippen LogP contribution is -2.38. The molecule has 0 aliphatic carbocycles. The molecule has 0 saturated heterocycles. The fourth-order valence-electron chi connectivity index (χ4n) is 2.66. The van der Waals surface area contributed by atoms with Gasteiger partial charge < -0.3 is 5.32 Å². The predicted octanol–water partition coefficient (Wildman–Crippen LogP) is 4.62. The molecular formula is C21H18ClFN2O3S. The van der Waals surface area contributed by atoms with E-state index in [1.807, 2.05) is 6.92 Å². The Labute approximate surface area is 173 Å². The van der Waals surface area contributed by atoms with Crippen LogP contribution in [0.2, 0.25) is 5.02 Å². The van der Waals surface area contributed by atoms with Gasteiger partial charge in [-0.2, -0.15) is 0 Å². The van der Waals surface area contributed by atoms with Crippen molar-refractivity contribution in [2.75, 3.05) is 16.2 Å². The monoisotopic (exact) mass is 432 g/mol. The van der Waals surface area contributed by atoms with Gasteiger partial charge >= 0.3 is 0 Å². The van der Waals surface area contributed by atoms with Crippen molar-refractivity contribution >= 4 is 38.9 Å². The average Bonchev–Trinajstić information content (AvgIpc) is 2.67. The Morgan fingerprint density at radius 3 is 2.31 bits per heavy atom. The molecule has 3 rings (SSSR count). The van der Waals surface area contributed by atoms with Crippen LogP contribution in [0, 0.1) is 12.7 Å². The van der Waals surface area contributed by atoms with Crippen LogP contribution >= 0.6 is 11.6 Å². The largest absolute Gasteiger partial charge is 0.324 e. The summed E-state index contributed by atoms with van der Waals surface area (Å²) in [5.74, 6) is -1.12. The first-order valence-corrected chi connectivity index (χ1v) is 10.5. The van der Waals surface area contributed by atoms with Crippen LogP contribution in [0.25, 0.3) is 0 Å². The van der Waals surface area contributed by atoms with Crippen LogP contribution in [-0.2, 0) is 14.8 Å². The van der Waals surface area contributed by atoms with Gasteiger partial charge in [-0.05, 0) is 61.5 Å². The van der Waals surface area contributed by atoms with Gasteiger partial charge in [0, 0.05) is 10.7 Å². The minimum Gasteiger partial charge on any atom is -0.324 e. The number of hydrogen-bond acceptors (Lipinski definition) is 3. The molecule has 5 nitrogen and oxygen atoms in total. The minimum absolute atomic E-state index is 0.0524. The fraction of sp³-hybridized carbons (Fsp3) is 0.0952. The molecule has 1 N–H and O–H groups in total. The quantitative estimate of drug-likeness (QED) is 0.618. The van der Waals surface area contributed by atoms with E-state index in [2.05, 4.69) is 5.32 Å². The third-order valence-corrected chi connectivity index (χ3v) is 6.16. The highest BCUT2D eigenvalue weighted by molar-refractivity contribution is 7.92. The molecule has 8 heteroatoms. The maximum absolute atomic E-state index is 13.4. The number of anilines is 2. The van der Waals surface area contributed by atoms with E-state index < -0.39 is 28.3 Å². The molecule has 1 amide bonds. The molecule has 0 aromatic heterocycles. The number of carbonyl (C=O) groups is 1. The lowest BCUT2D eigenvalue weighted by molar-refractivity contribution is -0.114. The molecule has 150 valence electrons. The molecular weight excluding hydrogens is 415 g/mol. The minimum atomic E-state index is -4.02. The van der Waals surface area contributed by atoms with E-state index in [4.69, 9.17) is 11.6 Å². The number of rotatable bonds is 6. The SMILES string of the molecule is Cc1ccc(S(=O)(=O)N(CC(=O)Nc2cccc(F)c2)c2ccc(Cl)cc2)cc1. The summed E-state index contributed by atoms with van der Waals surface area (Å²) in [6.07, 6.45) is 0.